The lowest BCUT2D eigenvalue weighted by molar-refractivity contribution is -0.122. The molecule has 1 aliphatic rings. The van der Waals surface area contributed by atoms with Gasteiger partial charge in [0.15, 0.2) is 0 Å². The first kappa shape index (κ1) is 13.5. The first-order valence-electron chi connectivity index (χ1n) is 6.04. The molecule has 0 spiro atoms. The summed E-state index contributed by atoms with van der Waals surface area (Å²) in [6, 6.07) is 0.942. The zero-order chi connectivity index (χ0) is 13.7. The van der Waals surface area contributed by atoms with Gasteiger partial charge in [-0.1, -0.05) is 0 Å². The number of carbonyl (C=O) groups is 3. The van der Waals surface area contributed by atoms with E-state index in [2.05, 4.69) is 16.0 Å². The number of rotatable bonds is 6. The maximum absolute atomic E-state index is 11.6. The number of hydrogen-bond donors (Lipinski definition) is 3. The third-order valence-electron chi connectivity index (χ3n) is 2.83. The van der Waals surface area contributed by atoms with Gasteiger partial charge in [0, 0.05) is 13.0 Å². The van der Waals surface area contributed by atoms with Gasteiger partial charge in [-0.15, -0.1) is 0 Å². The highest BCUT2D eigenvalue weighted by Crippen LogP contribution is 2.06. The molecule has 19 heavy (non-hydrogen) atoms. The molecule has 1 atom stereocenters. The molecule has 7 heteroatoms. The summed E-state index contributed by atoms with van der Waals surface area (Å²) in [6.45, 7) is 0.582. The zero-order valence-corrected chi connectivity index (χ0v) is 11.1. The smallest absolute Gasteiger partial charge is 0.322 e. The Hall–Kier alpha value is -1.89. The lowest BCUT2D eigenvalue weighted by atomic mass is 10.1. The summed E-state index contributed by atoms with van der Waals surface area (Å²) in [5.41, 5.74) is 1.20. The van der Waals surface area contributed by atoms with Gasteiger partial charge < -0.3 is 10.6 Å². The van der Waals surface area contributed by atoms with Crippen LogP contribution in [0.4, 0.5) is 4.79 Å². The Kier molecular flexibility index (Phi) is 4.51. The third-order valence-corrected chi connectivity index (χ3v) is 3.57. The molecule has 0 radical (unpaired) electrons. The van der Waals surface area contributed by atoms with Crippen molar-refractivity contribution < 1.29 is 14.4 Å². The molecule has 1 saturated heterocycles. The van der Waals surface area contributed by atoms with E-state index in [4.69, 9.17) is 0 Å². The Morgan fingerprint density at radius 3 is 2.89 bits per heavy atom. The molecule has 1 aromatic heterocycles. The van der Waals surface area contributed by atoms with Gasteiger partial charge in [0.05, 0.1) is 0 Å². The average molecular weight is 281 g/mol. The highest BCUT2D eigenvalue weighted by Gasteiger charge is 2.29. The first-order chi connectivity index (χ1) is 9.15. The second-order valence-electron chi connectivity index (χ2n) is 4.29. The molecule has 2 heterocycles. The average Bonchev–Trinajstić information content (AvgIpc) is 2.97. The zero-order valence-electron chi connectivity index (χ0n) is 10.3. The van der Waals surface area contributed by atoms with E-state index in [1.807, 2.05) is 16.8 Å². The van der Waals surface area contributed by atoms with Crippen molar-refractivity contribution in [3.63, 3.8) is 0 Å². The van der Waals surface area contributed by atoms with E-state index in [-0.39, 0.29) is 18.2 Å². The van der Waals surface area contributed by atoms with Crippen molar-refractivity contribution in [3.05, 3.63) is 22.4 Å². The lowest BCUT2D eigenvalue weighted by Crippen LogP contribution is -2.32. The minimum atomic E-state index is -0.588. The van der Waals surface area contributed by atoms with Crippen LogP contribution in [0.2, 0.25) is 0 Å². The third kappa shape index (κ3) is 4.06. The van der Waals surface area contributed by atoms with Crippen molar-refractivity contribution in [2.24, 2.45) is 0 Å². The molecule has 0 aromatic carbocycles. The molecule has 1 aromatic rings. The number of urea groups is 1. The van der Waals surface area contributed by atoms with Crippen LogP contribution in [0.25, 0.3) is 0 Å². The van der Waals surface area contributed by atoms with E-state index in [1.165, 1.54) is 5.56 Å². The number of nitrogens with one attached hydrogen (secondary N) is 3. The topological polar surface area (TPSA) is 87.3 Å². The van der Waals surface area contributed by atoms with Crippen LogP contribution in [0.5, 0.6) is 0 Å². The molecule has 3 N–H and O–H groups in total. The molecule has 2 rings (SSSR count). The second kappa shape index (κ2) is 6.33. The minimum absolute atomic E-state index is 0.107. The normalized spacial score (nSPS) is 18.0. The molecule has 6 nitrogen and oxygen atoms in total. The molecular weight excluding hydrogens is 266 g/mol. The SMILES string of the molecule is O=C(CCC1NC(=O)NC1=O)NCCc1ccsc1. The van der Waals surface area contributed by atoms with Crippen LogP contribution in [-0.4, -0.2) is 30.4 Å². The van der Waals surface area contributed by atoms with Crippen LogP contribution < -0.4 is 16.0 Å². The Labute approximate surface area is 114 Å². The Balaban J connectivity index is 1.62. The summed E-state index contributed by atoms with van der Waals surface area (Å²) in [6.07, 6.45) is 1.35. The molecule has 0 bridgehead atoms. The molecule has 1 unspecified atom stereocenters. The fraction of sp³-hybridized carbons (Fsp3) is 0.417. The van der Waals surface area contributed by atoms with E-state index < -0.39 is 12.1 Å². The van der Waals surface area contributed by atoms with E-state index in [1.54, 1.807) is 11.3 Å². The number of imide groups is 1. The summed E-state index contributed by atoms with van der Waals surface area (Å²) in [7, 11) is 0. The van der Waals surface area contributed by atoms with Crippen molar-refractivity contribution in [2.75, 3.05) is 6.54 Å². The maximum Gasteiger partial charge on any atom is 0.322 e. The van der Waals surface area contributed by atoms with Crippen LogP contribution in [0.15, 0.2) is 16.8 Å². The Morgan fingerprint density at radius 2 is 2.26 bits per heavy atom. The summed E-state index contributed by atoms with van der Waals surface area (Å²) >= 11 is 1.63. The Morgan fingerprint density at radius 1 is 1.42 bits per heavy atom. The predicted octanol–water partition coefficient (Wildman–Crippen LogP) is 0.395. The van der Waals surface area contributed by atoms with E-state index in [0.29, 0.717) is 13.0 Å². The first-order valence-corrected chi connectivity index (χ1v) is 6.98. The van der Waals surface area contributed by atoms with Crippen LogP contribution in [0.1, 0.15) is 18.4 Å². The molecule has 102 valence electrons. The monoisotopic (exact) mass is 281 g/mol. The standard InChI is InChI=1S/C12H15N3O3S/c16-10(13-5-3-8-4-6-19-7-8)2-1-9-11(17)15-12(18)14-9/h4,6-7,9H,1-3,5H2,(H,13,16)(H2,14,15,17,18). The summed E-state index contributed by atoms with van der Waals surface area (Å²) < 4.78 is 0. The largest absolute Gasteiger partial charge is 0.356 e. The molecule has 0 saturated carbocycles. The second-order valence-corrected chi connectivity index (χ2v) is 5.07. The minimum Gasteiger partial charge on any atom is -0.356 e. The van der Waals surface area contributed by atoms with Crippen LogP contribution >= 0.6 is 11.3 Å². The number of carbonyl (C=O) groups excluding carboxylic acids is 3. The van der Waals surface area contributed by atoms with Crippen molar-refractivity contribution in [3.8, 4) is 0 Å². The molecule has 0 aliphatic carbocycles. The number of thiophene rings is 1. The van der Waals surface area contributed by atoms with Gasteiger partial charge in [-0.25, -0.2) is 4.79 Å². The van der Waals surface area contributed by atoms with Crippen LogP contribution in [-0.2, 0) is 16.0 Å². The summed E-state index contributed by atoms with van der Waals surface area (Å²) in [5, 5.41) is 11.4. The van der Waals surface area contributed by atoms with Gasteiger partial charge in [0.2, 0.25) is 5.91 Å². The summed E-state index contributed by atoms with van der Waals surface area (Å²) in [5.74, 6) is -0.472. The van der Waals surface area contributed by atoms with E-state index in [9.17, 15) is 14.4 Å². The van der Waals surface area contributed by atoms with Crippen molar-refractivity contribution in [1.82, 2.24) is 16.0 Å². The van der Waals surface area contributed by atoms with Crippen LogP contribution in [0.3, 0.4) is 0 Å². The molecule has 1 fully saturated rings. The van der Waals surface area contributed by atoms with Gasteiger partial charge in [0.1, 0.15) is 6.04 Å². The van der Waals surface area contributed by atoms with E-state index in [0.717, 1.165) is 6.42 Å². The molecular formula is C12H15N3O3S. The van der Waals surface area contributed by atoms with Gasteiger partial charge >= 0.3 is 6.03 Å². The lowest BCUT2D eigenvalue weighted by Gasteiger charge is -2.07. The van der Waals surface area contributed by atoms with Crippen molar-refractivity contribution in [1.29, 1.82) is 0 Å². The molecule has 1 aliphatic heterocycles. The predicted molar refractivity (Wildman–Crippen MR) is 70.7 cm³/mol. The van der Waals surface area contributed by atoms with Gasteiger partial charge in [-0.05, 0) is 35.2 Å². The number of hydrogen-bond acceptors (Lipinski definition) is 4. The van der Waals surface area contributed by atoms with Gasteiger partial charge in [-0.2, -0.15) is 11.3 Å². The van der Waals surface area contributed by atoms with Gasteiger partial charge in [-0.3, -0.25) is 14.9 Å². The quantitative estimate of drug-likeness (QED) is 0.659. The molecule has 4 amide bonds. The van der Waals surface area contributed by atoms with Crippen molar-refractivity contribution in [2.45, 2.75) is 25.3 Å². The van der Waals surface area contributed by atoms with Crippen molar-refractivity contribution >= 4 is 29.2 Å². The summed E-state index contributed by atoms with van der Waals surface area (Å²) in [4.78, 5) is 33.7. The highest BCUT2D eigenvalue weighted by atomic mass is 32.1. The van der Waals surface area contributed by atoms with E-state index >= 15 is 0 Å². The number of amides is 4. The van der Waals surface area contributed by atoms with Crippen LogP contribution in [0, 0.1) is 0 Å². The Bertz CT molecular complexity index is 473. The fourth-order valence-corrected chi connectivity index (χ4v) is 2.51. The maximum atomic E-state index is 11.6. The highest BCUT2D eigenvalue weighted by molar-refractivity contribution is 7.07. The van der Waals surface area contributed by atoms with Gasteiger partial charge in [0.25, 0.3) is 5.91 Å². The fourth-order valence-electron chi connectivity index (χ4n) is 1.81.